The molecule has 0 fully saturated rings. The van der Waals surface area contributed by atoms with Crippen molar-refractivity contribution in [3.63, 3.8) is 0 Å². The van der Waals surface area contributed by atoms with Gasteiger partial charge >= 0.3 is 0 Å². The van der Waals surface area contributed by atoms with Crippen LogP contribution < -0.4 is 0 Å². The highest BCUT2D eigenvalue weighted by Crippen LogP contribution is 2.18. The zero-order valence-corrected chi connectivity index (χ0v) is 21.6. The minimum absolute atomic E-state index is 1.18. The fraction of sp³-hybridized carbons (Fsp3) is 0.871. The van der Waals surface area contributed by atoms with Gasteiger partial charge < -0.3 is 0 Å². The lowest BCUT2D eigenvalue weighted by atomic mass is 10.0. The van der Waals surface area contributed by atoms with Gasteiger partial charge in [-0.3, -0.25) is 0 Å². The molecule has 1 rings (SSSR count). The van der Waals surface area contributed by atoms with Crippen molar-refractivity contribution in [2.75, 3.05) is 0 Å². The Morgan fingerprint density at radius 2 is 0.774 bits per heavy atom. The highest BCUT2D eigenvalue weighted by atomic mass is 14.0. The van der Waals surface area contributed by atoms with E-state index in [-0.39, 0.29) is 0 Å². The summed E-state index contributed by atoms with van der Waals surface area (Å²) in [5, 5.41) is 0. The predicted octanol–water partition coefficient (Wildman–Crippen LogP) is 11.6. The van der Waals surface area contributed by atoms with Crippen molar-refractivity contribution >= 4 is 0 Å². The second kappa shape index (κ2) is 24.1. The Balaban J connectivity index is 1.62. The van der Waals surface area contributed by atoms with Crippen LogP contribution in [0.25, 0.3) is 0 Å². The summed E-state index contributed by atoms with van der Waals surface area (Å²) < 4.78 is 0. The zero-order chi connectivity index (χ0) is 22.1. The maximum Gasteiger partial charge on any atom is -0.0160 e. The molecule has 0 spiro atoms. The van der Waals surface area contributed by atoms with Crippen LogP contribution in [0.1, 0.15) is 174 Å². The van der Waals surface area contributed by atoms with Gasteiger partial charge in [-0.1, -0.05) is 178 Å². The lowest BCUT2D eigenvalue weighted by molar-refractivity contribution is 0.517. The van der Waals surface area contributed by atoms with Gasteiger partial charge in [0.15, 0.2) is 0 Å². The SMILES string of the molecule is CCCCCCCCCCCCCCCCCCCCCCCCCCC1=CCC=C1. The maximum absolute atomic E-state index is 2.39. The van der Waals surface area contributed by atoms with Gasteiger partial charge in [0.05, 0.1) is 0 Å². The quantitative estimate of drug-likeness (QED) is 0.126. The Morgan fingerprint density at radius 3 is 1.06 bits per heavy atom. The molecule has 0 amide bonds. The molecule has 182 valence electrons. The van der Waals surface area contributed by atoms with E-state index in [1.165, 1.54) is 167 Å². The van der Waals surface area contributed by atoms with E-state index in [1.807, 2.05) is 0 Å². The van der Waals surface area contributed by atoms with Gasteiger partial charge in [0.25, 0.3) is 0 Å². The average molecular weight is 431 g/mol. The molecule has 0 saturated carbocycles. The van der Waals surface area contributed by atoms with Gasteiger partial charge in [0.2, 0.25) is 0 Å². The number of hydrogen-bond acceptors (Lipinski definition) is 0. The lowest BCUT2D eigenvalue weighted by Crippen LogP contribution is -1.85. The highest BCUT2D eigenvalue weighted by molar-refractivity contribution is 5.25. The van der Waals surface area contributed by atoms with Crippen molar-refractivity contribution in [3.05, 3.63) is 23.8 Å². The van der Waals surface area contributed by atoms with Crippen LogP contribution >= 0.6 is 0 Å². The Hall–Kier alpha value is -0.520. The van der Waals surface area contributed by atoms with Crippen LogP contribution in [0.15, 0.2) is 23.8 Å². The smallest absolute Gasteiger partial charge is 0.0160 e. The van der Waals surface area contributed by atoms with Gasteiger partial charge in [-0.25, -0.2) is 0 Å². The third kappa shape index (κ3) is 21.1. The molecule has 0 aliphatic heterocycles. The molecule has 0 unspecified atom stereocenters. The van der Waals surface area contributed by atoms with E-state index < -0.39 is 0 Å². The summed E-state index contributed by atoms with van der Waals surface area (Å²) in [5.41, 5.74) is 1.58. The number of allylic oxidation sites excluding steroid dienone is 4. The third-order valence-electron chi connectivity index (χ3n) is 7.17. The van der Waals surface area contributed by atoms with Gasteiger partial charge in [-0.15, -0.1) is 0 Å². The monoisotopic (exact) mass is 430 g/mol. The van der Waals surface area contributed by atoms with E-state index in [0.717, 1.165) is 0 Å². The lowest BCUT2D eigenvalue weighted by Gasteiger charge is -2.04. The molecule has 0 bridgehead atoms. The fourth-order valence-corrected chi connectivity index (χ4v) is 4.98. The molecule has 0 aromatic carbocycles. The summed E-state index contributed by atoms with van der Waals surface area (Å²) in [4.78, 5) is 0. The van der Waals surface area contributed by atoms with Crippen molar-refractivity contribution in [2.24, 2.45) is 0 Å². The first-order valence-corrected chi connectivity index (χ1v) is 14.8. The van der Waals surface area contributed by atoms with Crippen molar-refractivity contribution in [1.82, 2.24) is 0 Å². The maximum atomic E-state index is 2.39. The molecule has 31 heavy (non-hydrogen) atoms. The van der Waals surface area contributed by atoms with E-state index in [0.29, 0.717) is 0 Å². The molecular formula is C31H58. The van der Waals surface area contributed by atoms with Crippen LogP contribution in [-0.4, -0.2) is 0 Å². The second-order valence-electron chi connectivity index (χ2n) is 10.3. The average Bonchev–Trinajstić information content (AvgIpc) is 3.30. The molecule has 0 heterocycles. The summed E-state index contributed by atoms with van der Waals surface area (Å²) in [6.07, 6.45) is 44.8. The molecule has 1 aliphatic rings. The van der Waals surface area contributed by atoms with Crippen LogP contribution in [0.5, 0.6) is 0 Å². The Morgan fingerprint density at radius 1 is 0.452 bits per heavy atom. The second-order valence-corrected chi connectivity index (χ2v) is 10.3. The topological polar surface area (TPSA) is 0 Å². The molecule has 0 heteroatoms. The molecule has 0 aromatic heterocycles. The van der Waals surface area contributed by atoms with Gasteiger partial charge in [0, 0.05) is 0 Å². The first-order valence-electron chi connectivity index (χ1n) is 14.8. The minimum atomic E-state index is 1.18. The van der Waals surface area contributed by atoms with Crippen LogP contribution in [0, 0.1) is 0 Å². The van der Waals surface area contributed by atoms with Crippen LogP contribution in [-0.2, 0) is 0 Å². The number of hydrogen-bond donors (Lipinski definition) is 0. The Kier molecular flexibility index (Phi) is 22.2. The summed E-state index contributed by atoms with van der Waals surface area (Å²) in [6.45, 7) is 2.30. The number of unbranched alkanes of at least 4 members (excludes halogenated alkanes) is 23. The van der Waals surface area contributed by atoms with Crippen LogP contribution in [0.4, 0.5) is 0 Å². The van der Waals surface area contributed by atoms with Gasteiger partial charge in [-0.2, -0.15) is 0 Å². The van der Waals surface area contributed by atoms with Gasteiger partial charge in [0.1, 0.15) is 0 Å². The normalized spacial score (nSPS) is 13.3. The molecular weight excluding hydrogens is 372 g/mol. The Bertz CT molecular complexity index is 402. The van der Waals surface area contributed by atoms with Crippen molar-refractivity contribution in [2.45, 2.75) is 174 Å². The van der Waals surface area contributed by atoms with Crippen LogP contribution in [0.2, 0.25) is 0 Å². The summed E-state index contributed by atoms with van der Waals surface area (Å²) in [5.74, 6) is 0. The van der Waals surface area contributed by atoms with E-state index in [2.05, 4.69) is 25.2 Å². The minimum Gasteiger partial charge on any atom is -0.0805 e. The van der Waals surface area contributed by atoms with Crippen molar-refractivity contribution < 1.29 is 0 Å². The predicted molar refractivity (Wildman–Crippen MR) is 143 cm³/mol. The third-order valence-corrected chi connectivity index (χ3v) is 7.17. The van der Waals surface area contributed by atoms with Crippen molar-refractivity contribution in [1.29, 1.82) is 0 Å². The van der Waals surface area contributed by atoms with Crippen molar-refractivity contribution in [3.8, 4) is 0 Å². The zero-order valence-electron chi connectivity index (χ0n) is 21.6. The molecule has 0 atom stereocenters. The molecule has 0 nitrogen and oxygen atoms in total. The molecule has 0 N–H and O–H groups in total. The standard InChI is InChI=1S/C31H58/c1-2-3-4-5-6-7-8-9-10-11-12-13-14-15-16-17-18-19-20-21-22-23-24-25-28-31-29-26-27-30-31/h26,29-30H,2-25,27-28H2,1H3. The first-order chi connectivity index (χ1) is 15.4. The summed E-state index contributed by atoms with van der Waals surface area (Å²) in [6, 6.07) is 0. The molecule has 0 radical (unpaired) electrons. The van der Waals surface area contributed by atoms with Crippen LogP contribution in [0.3, 0.4) is 0 Å². The first kappa shape index (κ1) is 28.5. The summed E-state index contributed by atoms with van der Waals surface area (Å²) in [7, 11) is 0. The largest absolute Gasteiger partial charge is 0.0805 e. The number of rotatable bonds is 25. The van der Waals surface area contributed by atoms with E-state index in [9.17, 15) is 0 Å². The van der Waals surface area contributed by atoms with E-state index in [4.69, 9.17) is 0 Å². The Labute approximate surface area is 197 Å². The van der Waals surface area contributed by atoms with Gasteiger partial charge in [-0.05, 0) is 19.3 Å². The van der Waals surface area contributed by atoms with E-state index in [1.54, 1.807) is 5.57 Å². The molecule has 0 saturated heterocycles. The summed E-state index contributed by atoms with van der Waals surface area (Å²) >= 11 is 0. The highest BCUT2D eigenvalue weighted by Gasteiger charge is 1.98. The van der Waals surface area contributed by atoms with E-state index >= 15 is 0 Å². The molecule has 1 aliphatic carbocycles. The fourth-order valence-electron chi connectivity index (χ4n) is 4.98. The molecule has 0 aromatic rings.